The summed E-state index contributed by atoms with van der Waals surface area (Å²) in [5, 5.41) is 14.0. The Morgan fingerprint density at radius 3 is 1.08 bits per heavy atom. The number of nitrogens with one attached hydrogen (secondary N) is 1. The van der Waals surface area contributed by atoms with Crippen molar-refractivity contribution in [2.24, 2.45) is 0 Å². The lowest BCUT2D eigenvalue weighted by molar-refractivity contribution is -0.870. The van der Waals surface area contributed by atoms with Gasteiger partial charge in [-0.2, -0.15) is 0 Å². The maximum atomic E-state index is 13.0. The summed E-state index contributed by atoms with van der Waals surface area (Å²) in [4.78, 5) is 23.3. The lowest BCUT2D eigenvalue weighted by Crippen LogP contribution is -2.46. The summed E-state index contributed by atoms with van der Waals surface area (Å²) in [5.41, 5.74) is 0. The molecule has 0 aromatic rings. The highest BCUT2D eigenvalue weighted by atomic mass is 31.2. The number of phosphoric ester groups is 1. The van der Waals surface area contributed by atoms with E-state index in [9.17, 15) is 19.4 Å². The summed E-state index contributed by atoms with van der Waals surface area (Å²) < 4.78 is 23.8. The smallest absolute Gasteiger partial charge is 0.391 e. The molecule has 0 bridgehead atoms. The molecule has 0 heterocycles. The fraction of sp³-hybridized carbons (Fsp3) is 0.981. The normalized spacial score (nSPS) is 14.0. The number of quaternary nitrogens is 1. The third-order valence-electron chi connectivity index (χ3n) is 12.9. The molecule has 0 aliphatic carbocycles. The van der Waals surface area contributed by atoms with E-state index in [-0.39, 0.29) is 19.1 Å². The molecule has 0 saturated heterocycles. The second-order valence-electron chi connectivity index (χ2n) is 20.3. The second-order valence-corrected chi connectivity index (χ2v) is 21.8. The van der Waals surface area contributed by atoms with Gasteiger partial charge < -0.3 is 19.8 Å². The van der Waals surface area contributed by atoms with Crippen LogP contribution in [0.3, 0.4) is 0 Å². The van der Waals surface area contributed by atoms with E-state index in [0.29, 0.717) is 23.9 Å². The highest BCUT2D eigenvalue weighted by Crippen LogP contribution is 2.43. The molecule has 372 valence electrons. The van der Waals surface area contributed by atoms with Crippen molar-refractivity contribution in [2.75, 3.05) is 40.9 Å². The van der Waals surface area contributed by atoms with E-state index < -0.39 is 20.0 Å². The fourth-order valence-corrected chi connectivity index (χ4v) is 9.26. The topological polar surface area (TPSA) is 105 Å². The van der Waals surface area contributed by atoms with E-state index >= 15 is 0 Å². The van der Waals surface area contributed by atoms with Gasteiger partial charge in [0.25, 0.3) is 0 Å². The highest BCUT2D eigenvalue weighted by molar-refractivity contribution is 7.47. The van der Waals surface area contributed by atoms with Crippen LogP contribution >= 0.6 is 7.82 Å². The Bertz CT molecular complexity index is 978. The van der Waals surface area contributed by atoms with Crippen molar-refractivity contribution in [1.82, 2.24) is 5.32 Å². The summed E-state index contributed by atoms with van der Waals surface area (Å²) in [7, 11) is 1.63. The van der Waals surface area contributed by atoms with Gasteiger partial charge in [-0.15, -0.1) is 0 Å². The molecule has 3 N–H and O–H groups in total. The number of likely N-dealkylation sites (N-methyl/N-ethyl adjacent to an activating group) is 1. The Morgan fingerprint density at radius 2 is 0.774 bits per heavy atom. The van der Waals surface area contributed by atoms with E-state index in [0.717, 1.165) is 38.5 Å². The lowest BCUT2D eigenvalue weighted by Gasteiger charge is -2.26. The van der Waals surface area contributed by atoms with Gasteiger partial charge in [0.1, 0.15) is 13.2 Å². The van der Waals surface area contributed by atoms with Crippen molar-refractivity contribution in [1.29, 1.82) is 0 Å². The van der Waals surface area contributed by atoms with Crippen LogP contribution in [0.25, 0.3) is 0 Å². The van der Waals surface area contributed by atoms with Gasteiger partial charge in [-0.05, 0) is 12.8 Å². The number of phosphoric acid groups is 1. The largest absolute Gasteiger partial charge is 0.472 e. The van der Waals surface area contributed by atoms with Crippen molar-refractivity contribution in [3.05, 3.63) is 0 Å². The molecule has 0 aliphatic rings. The predicted molar refractivity (Wildman–Crippen MR) is 268 cm³/mol. The van der Waals surface area contributed by atoms with E-state index in [1.54, 1.807) is 0 Å². The maximum absolute atomic E-state index is 13.0. The fourth-order valence-electron chi connectivity index (χ4n) is 8.52. The molecular formula is C53H110N2O6P+. The third-order valence-corrected chi connectivity index (χ3v) is 13.8. The van der Waals surface area contributed by atoms with Crippen LogP contribution in [0, 0.1) is 0 Å². The van der Waals surface area contributed by atoms with Gasteiger partial charge in [-0.3, -0.25) is 13.8 Å². The molecule has 3 unspecified atom stereocenters. The summed E-state index contributed by atoms with van der Waals surface area (Å²) in [6.07, 6.45) is 52.9. The number of hydrogen-bond donors (Lipinski definition) is 3. The molecule has 0 radical (unpaired) electrons. The minimum absolute atomic E-state index is 0.0790. The van der Waals surface area contributed by atoms with Crippen LogP contribution in [0.15, 0.2) is 0 Å². The van der Waals surface area contributed by atoms with Crippen molar-refractivity contribution >= 4 is 13.7 Å². The van der Waals surface area contributed by atoms with Gasteiger partial charge >= 0.3 is 7.82 Å². The van der Waals surface area contributed by atoms with Gasteiger partial charge in [0.15, 0.2) is 0 Å². The SMILES string of the molecule is CCCCCCCCCCCCCCCCCCCCCCCCCC(=O)NC(COP(=O)(O)OCC[N+](C)(C)C)C(O)CCCCCCCCCCCCCCCCCCC. The first-order valence-electron chi connectivity index (χ1n) is 27.4. The number of carbonyl (C=O) groups excluding carboxylic acids is 1. The zero-order valence-electron chi connectivity index (χ0n) is 42.4. The number of hydrogen-bond acceptors (Lipinski definition) is 5. The van der Waals surface area contributed by atoms with Gasteiger partial charge in [0.05, 0.1) is 39.9 Å². The van der Waals surface area contributed by atoms with Crippen LogP contribution in [-0.4, -0.2) is 73.4 Å². The zero-order valence-corrected chi connectivity index (χ0v) is 43.3. The third kappa shape index (κ3) is 47.5. The van der Waals surface area contributed by atoms with Crippen LogP contribution in [0.1, 0.15) is 284 Å². The maximum Gasteiger partial charge on any atom is 0.472 e. The average molecular weight is 902 g/mol. The van der Waals surface area contributed by atoms with Crippen LogP contribution < -0.4 is 5.32 Å². The van der Waals surface area contributed by atoms with E-state index in [1.807, 2.05) is 21.1 Å². The molecular weight excluding hydrogens is 792 g/mol. The molecule has 0 fully saturated rings. The van der Waals surface area contributed by atoms with Crippen LogP contribution in [0.5, 0.6) is 0 Å². The van der Waals surface area contributed by atoms with Gasteiger partial charge in [0.2, 0.25) is 5.91 Å². The first kappa shape index (κ1) is 61.5. The molecule has 0 aromatic carbocycles. The minimum Gasteiger partial charge on any atom is -0.391 e. The number of amides is 1. The lowest BCUT2D eigenvalue weighted by atomic mass is 10.0. The van der Waals surface area contributed by atoms with Crippen LogP contribution in [0.4, 0.5) is 0 Å². The first-order chi connectivity index (χ1) is 30.0. The van der Waals surface area contributed by atoms with Gasteiger partial charge in [-0.25, -0.2) is 4.57 Å². The van der Waals surface area contributed by atoms with Crippen molar-refractivity contribution < 1.29 is 32.9 Å². The summed E-state index contributed by atoms with van der Waals surface area (Å²) >= 11 is 0. The zero-order chi connectivity index (χ0) is 45.7. The van der Waals surface area contributed by atoms with Crippen LogP contribution in [-0.2, 0) is 18.4 Å². The quantitative estimate of drug-likeness (QED) is 0.0319. The van der Waals surface area contributed by atoms with E-state index in [2.05, 4.69) is 19.2 Å². The molecule has 0 aromatic heterocycles. The van der Waals surface area contributed by atoms with E-state index in [4.69, 9.17) is 9.05 Å². The molecule has 0 saturated carbocycles. The number of nitrogens with zero attached hydrogens (tertiary/aromatic N) is 1. The van der Waals surface area contributed by atoms with Crippen molar-refractivity contribution in [3.8, 4) is 0 Å². The number of unbranched alkanes of at least 4 members (excludes halogenated alkanes) is 38. The first-order valence-corrected chi connectivity index (χ1v) is 28.9. The number of aliphatic hydroxyl groups is 1. The number of carbonyl (C=O) groups is 1. The Hall–Kier alpha value is -0.500. The Morgan fingerprint density at radius 1 is 0.484 bits per heavy atom. The Labute approximate surface area is 387 Å². The van der Waals surface area contributed by atoms with E-state index in [1.165, 1.54) is 218 Å². The number of aliphatic hydroxyl groups excluding tert-OH is 1. The summed E-state index contributed by atoms with van der Waals surface area (Å²) in [5.74, 6) is -0.137. The van der Waals surface area contributed by atoms with Crippen LogP contribution in [0.2, 0.25) is 0 Å². The Kier molecular flexibility index (Phi) is 45.3. The minimum atomic E-state index is -4.31. The summed E-state index contributed by atoms with van der Waals surface area (Å²) in [6.45, 7) is 4.94. The van der Waals surface area contributed by atoms with Gasteiger partial charge in [0, 0.05) is 6.42 Å². The van der Waals surface area contributed by atoms with Crippen molar-refractivity contribution in [2.45, 2.75) is 296 Å². The summed E-state index contributed by atoms with van der Waals surface area (Å²) in [6, 6.07) is -0.754. The highest BCUT2D eigenvalue weighted by Gasteiger charge is 2.28. The molecule has 0 spiro atoms. The molecule has 0 rings (SSSR count). The molecule has 8 nitrogen and oxygen atoms in total. The molecule has 1 amide bonds. The Balaban J connectivity index is 4.15. The van der Waals surface area contributed by atoms with Crippen molar-refractivity contribution in [3.63, 3.8) is 0 Å². The molecule has 62 heavy (non-hydrogen) atoms. The molecule has 0 aliphatic heterocycles. The molecule has 3 atom stereocenters. The second kappa shape index (κ2) is 45.6. The monoisotopic (exact) mass is 902 g/mol. The standard InChI is InChI=1S/C53H109N2O6P/c1-6-8-10-12-14-16-18-20-22-24-25-26-27-28-29-31-33-35-37-39-41-43-45-47-53(57)54-51(50-61-62(58,59)60-49-48-55(3,4)5)52(56)46-44-42-40-38-36-34-32-30-23-21-19-17-15-13-11-9-7-2/h51-52,56H,6-50H2,1-5H3,(H-,54,57,58,59)/p+1. The van der Waals surface area contributed by atoms with Gasteiger partial charge in [-0.1, -0.05) is 264 Å². The average Bonchev–Trinajstić information content (AvgIpc) is 3.23. The predicted octanol–water partition coefficient (Wildman–Crippen LogP) is 16.1. The molecule has 9 heteroatoms. The number of rotatable bonds is 51.